The third-order valence-electron chi connectivity index (χ3n) is 3.84. The minimum absolute atomic E-state index is 0.161. The van der Waals surface area contributed by atoms with E-state index in [0.717, 1.165) is 24.9 Å². The summed E-state index contributed by atoms with van der Waals surface area (Å²) in [6.45, 7) is 4.01. The highest BCUT2D eigenvalue weighted by molar-refractivity contribution is 5.72. The quantitative estimate of drug-likeness (QED) is 0.806. The molecule has 4 heteroatoms. The maximum atomic E-state index is 12.0. The highest BCUT2D eigenvalue weighted by atomic mass is 16.5. The van der Waals surface area contributed by atoms with Crippen LogP contribution >= 0.6 is 0 Å². The molecule has 0 radical (unpaired) electrons. The van der Waals surface area contributed by atoms with Crippen molar-refractivity contribution in [3.05, 3.63) is 35.9 Å². The summed E-state index contributed by atoms with van der Waals surface area (Å²) in [6.07, 6.45) is 2.11. The molecule has 0 saturated carbocycles. The Kier molecular flexibility index (Phi) is 5.56. The van der Waals surface area contributed by atoms with Crippen LogP contribution in [0.1, 0.15) is 25.3 Å². The van der Waals surface area contributed by atoms with Crippen LogP contribution in [0.4, 0.5) is 0 Å². The first kappa shape index (κ1) is 15.0. The van der Waals surface area contributed by atoms with Crippen LogP contribution in [-0.2, 0) is 16.1 Å². The van der Waals surface area contributed by atoms with E-state index < -0.39 is 0 Å². The van der Waals surface area contributed by atoms with Crippen LogP contribution in [0, 0.1) is 5.92 Å². The number of carbonyl (C=O) groups is 1. The zero-order valence-corrected chi connectivity index (χ0v) is 12.0. The maximum Gasteiger partial charge on any atom is 0.310 e. The van der Waals surface area contributed by atoms with Gasteiger partial charge in [-0.15, -0.1) is 0 Å². The lowest BCUT2D eigenvalue weighted by atomic mass is 10.1. The average Bonchev–Trinajstić information content (AvgIpc) is 2.93. The number of carbonyl (C=O) groups excluding carboxylic acids is 1. The van der Waals surface area contributed by atoms with E-state index in [-0.39, 0.29) is 24.5 Å². The van der Waals surface area contributed by atoms with E-state index in [1.807, 2.05) is 37.3 Å². The summed E-state index contributed by atoms with van der Waals surface area (Å²) >= 11 is 0. The van der Waals surface area contributed by atoms with Gasteiger partial charge >= 0.3 is 5.97 Å². The number of hydrogen-bond acceptors (Lipinski definition) is 4. The second-order valence-electron chi connectivity index (χ2n) is 5.47. The molecule has 4 nitrogen and oxygen atoms in total. The number of benzene rings is 1. The van der Waals surface area contributed by atoms with Crippen molar-refractivity contribution in [2.75, 3.05) is 19.7 Å². The Hall–Kier alpha value is -1.39. The van der Waals surface area contributed by atoms with Crippen LogP contribution < -0.4 is 0 Å². The van der Waals surface area contributed by atoms with Crippen molar-refractivity contribution in [1.82, 2.24) is 4.90 Å². The molecular formula is C16H23NO3. The van der Waals surface area contributed by atoms with Crippen LogP contribution in [0.2, 0.25) is 0 Å². The van der Waals surface area contributed by atoms with Crippen molar-refractivity contribution in [2.45, 2.75) is 32.4 Å². The number of likely N-dealkylation sites (tertiary alicyclic amines) is 1. The number of aliphatic hydroxyl groups excluding tert-OH is 1. The molecule has 2 rings (SSSR count). The molecule has 0 aromatic heterocycles. The van der Waals surface area contributed by atoms with Gasteiger partial charge in [0.1, 0.15) is 6.61 Å². The third-order valence-corrected chi connectivity index (χ3v) is 3.84. The van der Waals surface area contributed by atoms with Gasteiger partial charge in [-0.05, 0) is 24.9 Å². The van der Waals surface area contributed by atoms with Crippen LogP contribution in [0.3, 0.4) is 0 Å². The summed E-state index contributed by atoms with van der Waals surface area (Å²) in [5, 5.41) is 9.28. The standard InChI is InChI=1S/C16H23NO3/c1-13(10-17-9-5-8-15(17)11-18)16(19)20-12-14-6-3-2-4-7-14/h2-4,6-7,13,15,18H,5,8-12H2,1H3. The summed E-state index contributed by atoms with van der Waals surface area (Å²) in [6, 6.07) is 9.90. The maximum absolute atomic E-state index is 12.0. The molecule has 1 N–H and O–H groups in total. The van der Waals surface area contributed by atoms with Gasteiger partial charge in [-0.25, -0.2) is 0 Å². The Balaban J connectivity index is 1.77. The van der Waals surface area contributed by atoms with Gasteiger partial charge < -0.3 is 9.84 Å². The lowest BCUT2D eigenvalue weighted by Gasteiger charge is -2.25. The molecule has 1 fully saturated rings. The number of esters is 1. The molecule has 2 atom stereocenters. The third kappa shape index (κ3) is 4.05. The molecule has 1 aromatic carbocycles. The molecule has 1 heterocycles. The fraction of sp³-hybridized carbons (Fsp3) is 0.562. The van der Waals surface area contributed by atoms with Gasteiger partial charge in [-0.3, -0.25) is 9.69 Å². The minimum Gasteiger partial charge on any atom is -0.461 e. The average molecular weight is 277 g/mol. The Morgan fingerprint density at radius 2 is 2.20 bits per heavy atom. The van der Waals surface area contributed by atoms with Gasteiger partial charge in [0.05, 0.1) is 12.5 Å². The minimum atomic E-state index is -0.169. The van der Waals surface area contributed by atoms with Gasteiger partial charge in [0.2, 0.25) is 0 Å². The van der Waals surface area contributed by atoms with Gasteiger partial charge in [0.15, 0.2) is 0 Å². The molecule has 0 bridgehead atoms. The smallest absolute Gasteiger partial charge is 0.310 e. The lowest BCUT2D eigenvalue weighted by Crippen LogP contribution is -2.37. The molecule has 1 aliphatic heterocycles. The molecule has 0 aliphatic carbocycles. The van der Waals surface area contributed by atoms with E-state index in [2.05, 4.69) is 4.90 Å². The Bertz CT molecular complexity index is 421. The van der Waals surface area contributed by atoms with E-state index in [0.29, 0.717) is 13.2 Å². The van der Waals surface area contributed by atoms with Crippen molar-refractivity contribution in [1.29, 1.82) is 0 Å². The Morgan fingerprint density at radius 1 is 1.45 bits per heavy atom. The predicted molar refractivity (Wildman–Crippen MR) is 77.1 cm³/mol. The predicted octanol–water partition coefficient (Wildman–Crippen LogP) is 1.82. The first-order valence-corrected chi connectivity index (χ1v) is 7.26. The fourth-order valence-corrected chi connectivity index (χ4v) is 2.64. The first-order chi connectivity index (χ1) is 9.70. The number of hydrogen-bond donors (Lipinski definition) is 1. The van der Waals surface area contributed by atoms with E-state index >= 15 is 0 Å². The van der Waals surface area contributed by atoms with Crippen LogP contribution in [0.25, 0.3) is 0 Å². The molecule has 1 aliphatic rings. The lowest BCUT2D eigenvalue weighted by molar-refractivity contribution is -0.150. The monoisotopic (exact) mass is 277 g/mol. The molecule has 110 valence electrons. The zero-order valence-electron chi connectivity index (χ0n) is 12.0. The van der Waals surface area contributed by atoms with Crippen molar-refractivity contribution in [3.63, 3.8) is 0 Å². The molecule has 20 heavy (non-hydrogen) atoms. The zero-order chi connectivity index (χ0) is 14.4. The first-order valence-electron chi connectivity index (χ1n) is 7.26. The van der Waals surface area contributed by atoms with Gasteiger partial charge in [-0.2, -0.15) is 0 Å². The van der Waals surface area contributed by atoms with Gasteiger partial charge in [0.25, 0.3) is 0 Å². The molecular weight excluding hydrogens is 254 g/mol. The number of ether oxygens (including phenoxy) is 1. The summed E-state index contributed by atoms with van der Waals surface area (Å²) < 4.78 is 5.34. The van der Waals surface area contributed by atoms with Gasteiger partial charge in [0, 0.05) is 12.6 Å². The normalized spacial score (nSPS) is 20.8. The molecule has 2 unspecified atom stereocenters. The fourth-order valence-electron chi connectivity index (χ4n) is 2.64. The second kappa shape index (κ2) is 7.41. The largest absolute Gasteiger partial charge is 0.461 e. The summed E-state index contributed by atoms with van der Waals surface area (Å²) in [7, 11) is 0. The molecule has 0 spiro atoms. The number of nitrogens with zero attached hydrogens (tertiary/aromatic N) is 1. The SMILES string of the molecule is CC(CN1CCCC1CO)C(=O)OCc1ccccc1. The molecule has 0 amide bonds. The summed E-state index contributed by atoms with van der Waals surface area (Å²) in [5.41, 5.74) is 1.00. The van der Waals surface area contributed by atoms with E-state index in [1.165, 1.54) is 0 Å². The van der Waals surface area contributed by atoms with E-state index in [1.54, 1.807) is 0 Å². The van der Waals surface area contributed by atoms with Crippen molar-refractivity contribution in [2.24, 2.45) is 5.92 Å². The molecule has 1 saturated heterocycles. The Morgan fingerprint density at radius 3 is 2.90 bits per heavy atom. The van der Waals surface area contributed by atoms with Crippen molar-refractivity contribution < 1.29 is 14.6 Å². The summed E-state index contributed by atoms with van der Waals surface area (Å²) in [5.74, 6) is -0.330. The Labute approximate surface area is 120 Å². The van der Waals surface area contributed by atoms with Crippen LogP contribution in [0.15, 0.2) is 30.3 Å². The number of aliphatic hydroxyl groups is 1. The molecule has 1 aromatic rings. The second-order valence-corrected chi connectivity index (χ2v) is 5.47. The topological polar surface area (TPSA) is 49.8 Å². The van der Waals surface area contributed by atoms with Crippen molar-refractivity contribution >= 4 is 5.97 Å². The summed E-state index contributed by atoms with van der Waals surface area (Å²) in [4.78, 5) is 14.2. The van der Waals surface area contributed by atoms with Crippen LogP contribution in [-0.4, -0.2) is 41.7 Å². The van der Waals surface area contributed by atoms with E-state index in [4.69, 9.17) is 4.74 Å². The van der Waals surface area contributed by atoms with E-state index in [9.17, 15) is 9.90 Å². The van der Waals surface area contributed by atoms with Gasteiger partial charge in [-0.1, -0.05) is 37.3 Å². The highest BCUT2D eigenvalue weighted by Crippen LogP contribution is 2.18. The van der Waals surface area contributed by atoms with Crippen LogP contribution in [0.5, 0.6) is 0 Å². The number of rotatable bonds is 6. The highest BCUT2D eigenvalue weighted by Gasteiger charge is 2.27. The van der Waals surface area contributed by atoms with Crippen molar-refractivity contribution in [3.8, 4) is 0 Å².